The minimum atomic E-state index is -3.59. The van der Waals surface area contributed by atoms with Gasteiger partial charge in [0.1, 0.15) is 6.04 Å². The number of aryl methyl sites for hydroxylation is 1. The number of carbonyl (C=O) groups is 1. The van der Waals surface area contributed by atoms with Crippen LogP contribution in [0.5, 0.6) is 0 Å². The molecule has 0 fully saturated rings. The molecule has 152 valence electrons. The molecular weight excluding hydrogens is 392 g/mol. The van der Waals surface area contributed by atoms with Crippen LogP contribution < -0.4 is 5.32 Å². The molecule has 0 unspecified atom stereocenters. The van der Waals surface area contributed by atoms with E-state index in [1.165, 1.54) is 7.05 Å². The molecule has 3 rings (SSSR count). The van der Waals surface area contributed by atoms with Crippen molar-refractivity contribution in [1.29, 1.82) is 0 Å². The van der Waals surface area contributed by atoms with Crippen molar-refractivity contribution < 1.29 is 17.7 Å². The topological polar surface area (TPSA) is 105 Å². The van der Waals surface area contributed by atoms with Crippen LogP contribution in [0.2, 0.25) is 0 Å². The summed E-state index contributed by atoms with van der Waals surface area (Å²) >= 11 is 0. The fourth-order valence-corrected chi connectivity index (χ4v) is 3.44. The summed E-state index contributed by atoms with van der Waals surface area (Å²) < 4.78 is 30.3. The Labute approximate surface area is 169 Å². The van der Waals surface area contributed by atoms with Crippen LogP contribution >= 0.6 is 0 Å². The molecule has 9 heteroatoms. The molecule has 1 heterocycles. The second kappa shape index (κ2) is 8.54. The first-order chi connectivity index (χ1) is 13.8. The van der Waals surface area contributed by atoms with Crippen LogP contribution in [0.1, 0.15) is 23.1 Å². The lowest BCUT2D eigenvalue weighted by Gasteiger charge is -2.25. The van der Waals surface area contributed by atoms with Gasteiger partial charge in [0.15, 0.2) is 0 Å². The molecule has 0 bridgehead atoms. The zero-order valence-electron chi connectivity index (χ0n) is 16.4. The molecule has 1 N–H and O–H groups in total. The van der Waals surface area contributed by atoms with Crippen molar-refractivity contribution in [3.05, 3.63) is 71.6 Å². The standard InChI is InChI=1S/C20H22N4O4S/c1-14-8-7-11-16(12-14)19-22-17(28-23-19)13-21-20(25)18(24(2)29(3,26)27)15-9-5-4-6-10-15/h4-12,18H,13H2,1-3H3,(H,21,25)/t18-/m1/s1. The summed E-state index contributed by atoms with van der Waals surface area (Å²) in [6, 6.07) is 15.3. The van der Waals surface area contributed by atoms with Crippen LogP contribution in [0.4, 0.5) is 0 Å². The molecule has 2 aromatic carbocycles. The van der Waals surface area contributed by atoms with Gasteiger partial charge in [0.2, 0.25) is 27.6 Å². The van der Waals surface area contributed by atoms with Gasteiger partial charge in [0, 0.05) is 12.6 Å². The van der Waals surface area contributed by atoms with E-state index in [1.54, 1.807) is 30.3 Å². The van der Waals surface area contributed by atoms with E-state index in [-0.39, 0.29) is 12.4 Å². The van der Waals surface area contributed by atoms with E-state index in [0.29, 0.717) is 11.4 Å². The highest BCUT2D eigenvalue weighted by Crippen LogP contribution is 2.22. The third kappa shape index (κ3) is 5.07. The Morgan fingerprint density at radius 2 is 1.90 bits per heavy atom. The van der Waals surface area contributed by atoms with Crippen molar-refractivity contribution in [2.24, 2.45) is 0 Å². The van der Waals surface area contributed by atoms with Gasteiger partial charge in [-0.3, -0.25) is 4.79 Å². The van der Waals surface area contributed by atoms with E-state index in [1.807, 2.05) is 31.2 Å². The maximum absolute atomic E-state index is 12.8. The van der Waals surface area contributed by atoms with E-state index in [4.69, 9.17) is 4.52 Å². The fraction of sp³-hybridized carbons (Fsp3) is 0.250. The second-order valence-corrected chi connectivity index (χ2v) is 8.73. The summed E-state index contributed by atoms with van der Waals surface area (Å²) in [5.41, 5.74) is 2.44. The van der Waals surface area contributed by atoms with E-state index < -0.39 is 22.0 Å². The van der Waals surface area contributed by atoms with Crippen LogP contribution in [-0.2, 0) is 21.4 Å². The molecule has 0 aliphatic carbocycles. The summed E-state index contributed by atoms with van der Waals surface area (Å²) in [5, 5.41) is 6.62. The Balaban J connectivity index is 1.75. The number of rotatable bonds is 7. The molecule has 0 saturated heterocycles. The number of carbonyl (C=O) groups excluding carboxylic acids is 1. The van der Waals surface area contributed by atoms with E-state index >= 15 is 0 Å². The lowest BCUT2D eigenvalue weighted by molar-refractivity contribution is -0.125. The van der Waals surface area contributed by atoms with Gasteiger partial charge in [-0.05, 0) is 18.6 Å². The molecule has 0 radical (unpaired) electrons. The number of likely N-dealkylation sites (N-methyl/N-ethyl adjacent to an activating group) is 1. The lowest BCUT2D eigenvalue weighted by atomic mass is 10.1. The van der Waals surface area contributed by atoms with E-state index in [0.717, 1.165) is 21.7 Å². The number of hydrogen-bond acceptors (Lipinski definition) is 6. The predicted molar refractivity (Wildman–Crippen MR) is 108 cm³/mol. The number of hydrogen-bond donors (Lipinski definition) is 1. The third-order valence-electron chi connectivity index (χ3n) is 4.41. The number of benzene rings is 2. The molecule has 0 aliphatic rings. The predicted octanol–water partition coefficient (Wildman–Crippen LogP) is 2.29. The molecule has 0 aliphatic heterocycles. The maximum atomic E-state index is 12.8. The van der Waals surface area contributed by atoms with Crippen LogP contribution in [0.3, 0.4) is 0 Å². The van der Waals surface area contributed by atoms with Crippen molar-refractivity contribution in [2.45, 2.75) is 19.5 Å². The van der Waals surface area contributed by atoms with Gasteiger partial charge in [-0.2, -0.15) is 9.29 Å². The van der Waals surface area contributed by atoms with Crippen LogP contribution in [0, 0.1) is 6.92 Å². The molecule has 1 amide bonds. The maximum Gasteiger partial charge on any atom is 0.246 e. The average Bonchev–Trinajstić information content (AvgIpc) is 3.16. The first-order valence-corrected chi connectivity index (χ1v) is 10.8. The smallest absolute Gasteiger partial charge is 0.246 e. The quantitative estimate of drug-likeness (QED) is 0.636. The van der Waals surface area contributed by atoms with Gasteiger partial charge < -0.3 is 9.84 Å². The Morgan fingerprint density at radius 1 is 1.17 bits per heavy atom. The number of nitrogens with one attached hydrogen (secondary N) is 1. The second-order valence-electron chi connectivity index (χ2n) is 6.69. The average molecular weight is 414 g/mol. The molecule has 29 heavy (non-hydrogen) atoms. The number of sulfonamides is 1. The first-order valence-electron chi connectivity index (χ1n) is 8.91. The van der Waals surface area contributed by atoms with Gasteiger partial charge in [0.25, 0.3) is 0 Å². The van der Waals surface area contributed by atoms with Gasteiger partial charge >= 0.3 is 0 Å². The first kappa shape index (κ1) is 20.7. The highest BCUT2D eigenvalue weighted by Gasteiger charge is 2.30. The van der Waals surface area contributed by atoms with Crippen molar-refractivity contribution in [1.82, 2.24) is 19.8 Å². The number of nitrogens with zero attached hydrogens (tertiary/aromatic N) is 3. The molecule has 1 aromatic heterocycles. The molecular formula is C20H22N4O4S. The van der Waals surface area contributed by atoms with Crippen molar-refractivity contribution in [3.8, 4) is 11.4 Å². The van der Waals surface area contributed by atoms with Crippen molar-refractivity contribution >= 4 is 15.9 Å². The summed E-state index contributed by atoms with van der Waals surface area (Å²) in [7, 11) is -2.22. The van der Waals surface area contributed by atoms with Gasteiger partial charge in [0.05, 0.1) is 12.8 Å². The monoisotopic (exact) mass is 414 g/mol. The normalized spacial score (nSPS) is 12.7. The fourth-order valence-electron chi connectivity index (χ4n) is 2.84. The Hall–Kier alpha value is -3.04. The lowest BCUT2D eigenvalue weighted by Crippen LogP contribution is -2.41. The minimum Gasteiger partial charge on any atom is -0.345 e. The summed E-state index contributed by atoms with van der Waals surface area (Å²) in [6.07, 6.45) is 1.06. The Kier molecular flexibility index (Phi) is 6.09. The van der Waals surface area contributed by atoms with Crippen LogP contribution in [0.25, 0.3) is 11.4 Å². The highest BCUT2D eigenvalue weighted by atomic mass is 32.2. The van der Waals surface area contributed by atoms with Crippen molar-refractivity contribution in [3.63, 3.8) is 0 Å². The van der Waals surface area contributed by atoms with Gasteiger partial charge in [-0.1, -0.05) is 59.3 Å². The van der Waals surface area contributed by atoms with Crippen LogP contribution in [-0.4, -0.2) is 42.1 Å². The zero-order chi connectivity index (χ0) is 21.0. The summed E-state index contributed by atoms with van der Waals surface area (Å²) in [5.74, 6) is 0.161. The summed E-state index contributed by atoms with van der Waals surface area (Å²) in [4.78, 5) is 17.1. The minimum absolute atomic E-state index is 0.0153. The molecule has 0 saturated carbocycles. The largest absolute Gasteiger partial charge is 0.345 e. The van der Waals surface area contributed by atoms with Crippen LogP contribution in [0.15, 0.2) is 59.1 Å². The summed E-state index contributed by atoms with van der Waals surface area (Å²) in [6.45, 7) is 1.95. The molecule has 0 spiro atoms. The van der Waals surface area contributed by atoms with Gasteiger partial charge in [-0.25, -0.2) is 8.42 Å². The van der Waals surface area contributed by atoms with Crippen molar-refractivity contribution in [2.75, 3.05) is 13.3 Å². The third-order valence-corrected chi connectivity index (χ3v) is 5.67. The number of amides is 1. The molecule has 8 nitrogen and oxygen atoms in total. The number of aromatic nitrogens is 2. The Bertz CT molecular complexity index is 1100. The SMILES string of the molecule is Cc1cccc(-c2noc(CNC(=O)[C@@H](c3ccccc3)N(C)S(C)(=O)=O)n2)c1. The zero-order valence-corrected chi connectivity index (χ0v) is 17.2. The Morgan fingerprint density at radius 3 is 2.55 bits per heavy atom. The van der Waals surface area contributed by atoms with E-state index in [2.05, 4.69) is 15.5 Å². The van der Waals surface area contributed by atoms with E-state index in [9.17, 15) is 13.2 Å². The highest BCUT2D eigenvalue weighted by molar-refractivity contribution is 7.88. The molecule has 1 atom stereocenters. The molecule has 3 aromatic rings. The van der Waals surface area contributed by atoms with Gasteiger partial charge in [-0.15, -0.1) is 0 Å².